The standard InChI is InChI=1S/C40H26N3P/c1-3-9-31(10-4-1)44(32-11-5-2-6-12-32)33-19-17-28-23-27(15-16-29(28)24-33)30-18-20-37-39(25-30)43-38-14-8-7-13-34(38)36-26-41-22-21-35(36)40(43)42-37/h1-26H. The molecule has 0 bridgehead atoms. The average molecular weight is 580 g/mol. The van der Waals surface area contributed by atoms with Crippen LogP contribution in [0.4, 0.5) is 0 Å². The molecule has 3 nitrogen and oxygen atoms in total. The van der Waals surface area contributed by atoms with Gasteiger partial charge in [-0.3, -0.25) is 9.38 Å². The van der Waals surface area contributed by atoms with E-state index in [0.717, 1.165) is 33.0 Å². The molecule has 44 heavy (non-hydrogen) atoms. The number of fused-ring (bicyclic) bond motifs is 9. The molecule has 0 atom stereocenters. The fraction of sp³-hybridized carbons (Fsp3) is 0. The number of hydrogen-bond donors (Lipinski definition) is 0. The Morgan fingerprint density at radius 2 is 1.16 bits per heavy atom. The molecule has 0 aliphatic heterocycles. The monoisotopic (exact) mass is 579 g/mol. The first-order valence-electron chi connectivity index (χ1n) is 14.8. The van der Waals surface area contributed by atoms with Gasteiger partial charge in [-0.2, -0.15) is 0 Å². The Kier molecular flexibility index (Phi) is 5.79. The van der Waals surface area contributed by atoms with Crippen molar-refractivity contribution in [1.29, 1.82) is 0 Å². The molecule has 3 heterocycles. The van der Waals surface area contributed by atoms with Gasteiger partial charge in [-0.05, 0) is 82.1 Å². The third kappa shape index (κ3) is 4.01. The van der Waals surface area contributed by atoms with E-state index in [4.69, 9.17) is 4.98 Å². The van der Waals surface area contributed by atoms with Gasteiger partial charge >= 0.3 is 0 Å². The zero-order chi connectivity index (χ0) is 29.0. The van der Waals surface area contributed by atoms with Crippen LogP contribution in [0.3, 0.4) is 0 Å². The Bertz CT molecular complexity index is 2460. The highest BCUT2D eigenvalue weighted by Gasteiger charge is 2.17. The van der Waals surface area contributed by atoms with E-state index in [2.05, 4.69) is 155 Å². The van der Waals surface area contributed by atoms with Gasteiger partial charge in [-0.1, -0.05) is 109 Å². The van der Waals surface area contributed by atoms with Crippen molar-refractivity contribution in [3.63, 3.8) is 0 Å². The molecule has 0 saturated carbocycles. The lowest BCUT2D eigenvalue weighted by Gasteiger charge is -2.20. The number of aromatic nitrogens is 3. The third-order valence-corrected chi connectivity index (χ3v) is 11.0. The molecule has 0 radical (unpaired) electrons. The van der Waals surface area contributed by atoms with Crippen LogP contribution in [-0.4, -0.2) is 14.4 Å². The highest BCUT2D eigenvalue weighted by atomic mass is 31.1. The van der Waals surface area contributed by atoms with E-state index < -0.39 is 7.92 Å². The van der Waals surface area contributed by atoms with Crippen molar-refractivity contribution in [1.82, 2.24) is 14.4 Å². The summed E-state index contributed by atoms with van der Waals surface area (Å²) in [5, 5.41) is 10.0. The number of pyridine rings is 2. The molecular weight excluding hydrogens is 553 g/mol. The lowest BCUT2D eigenvalue weighted by molar-refractivity contribution is 1.30. The van der Waals surface area contributed by atoms with Gasteiger partial charge in [0.1, 0.15) is 5.65 Å². The molecule has 0 unspecified atom stereocenters. The van der Waals surface area contributed by atoms with Crippen LogP contribution in [-0.2, 0) is 0 Å². The largest absolute Gasteiger partial charge is 0.292 e. The van der Waals surface area contributed by atoms with Crippen LogP contribution >= 0.6 is 7.92 Å². The fourth-order valence-corrected chi connectivity index (χ4v) is 8.86. The highest BCUT2D eigenvalue weighted by Crippen LogP contribution is 2.36. The van der Waals surface area contributed by atoms with Crippen molar-refractivity contribution in [2.24, 2.45) is 0 Å². The summed E-state index contributed by atoms with van der Waals surface area (Å²) >= 11 is 0. The highest BCUT2D eigenvalue weighted by molar-refractivity contribution is 7.79. The maximum atomic E-state index is 5.09. The topological polar surface area (TPSA) is 30.2 Å². The first-order valence-corrected chi connectivity index (χ1v) is 16.2. The second-order valence-electron chi connectivity index (χ2n) is 11.2. The maximum Gasteiger partial charge on any atom is 0.146 e. The summed E-state index contributed by atoms with van der Waals surface area (Å²) in [6.45, 7) is 0. The SMILES string of the molecule is c1ccc(P(c2ccccc2)c2ccc3cc(-c4ccc5nc6c7ccncc7c7ccccc7n6c5c4)ccc3c2)cc1. The molecule has 0 N–H and O–H groups in total. The molecule has 0 saturated heterocycles. The zero-order valence-corrected chi connectivity index (χ0v) is 24.7. The average Bonchev–Trinajstić information content (AvgIpc) is 3.49. The van der Waals surface area contributed by atoms with Crippen molar-refractivity contribution < 1.29 is 0 Å². The molecule has 3 aromatic heterocycles. The number of hydrogen-bond acceptors (Lipinski definition) is 2. The van der Waals surface area contributed by atoms with E-state index >= 15 is 0 Å². The van der Waals surface area contributed by atoms with Gasteiger partial charge in [-0.25, -0.2) is 4.98 Å². The second kappa shape index (κ2) is 10.1. The minimum Gasteiger partial charge on any atom is -0.292 e. The Hall–Kier alpha value is -5.37. The molecule has 0 aliphatic carbocycles. The first kappa shape index (κ1) is 25.2. The molecule has 9 rings (SSSR count). The van der Waals surface area contributed by atoms with E-state index in [1.807, 2.05) is 12.4 Å². The van der Waals surface area contributed by atoms with Crippen LogP contribution in [0.15, 0.2) is 158 Å². The normalized spacial score (nSPS) is 11.8. The van der Waals surface area contributed by atoms with E-state index in [1.165, 1.54) is 43.2 Å². The Morgan fingerprint density at radius 1 is 0.477 bits per heavy atom. The number of benzene rings is 6. The fourth-order valence-electron chi connectivity index (χ4n) is 6.53. The number of nitrogens with zero attached hydrogens (tertiary/aromatic N) is 3. The summed E-state index contributed by atoms with van der Waals surface area (Å²) in [5.41, 5.74) is 6.59. The van der Waals surface area contributed by atoms with Crippen LogP contribution < -0.4 is 15.9 Å². The smallest absolute Gasteiger partial charge is 0.146 e. The van der Waals surface area contributed by atoms with Gasteiger partial charge in [0.05, 0.1) is 16.6 Å². The molecule has 0 spiro atoms. The van der Waals surface area contributed by atoms with E-state index in [1.54, 1.807) is 0 Å². The quantitative estimate of drug-likeness (QED) is 0.154. The minimum atomic E-state index is -0.643. The van der Waals surface area contributed by atoms with Crippen molar-refractivity contribution in [3.8, 4) is 11.1 Å². The minimum absolute atomic E-state index is 0.643. The third-order valence-electron chi connectivity index (χ3n) is 8.60. The van der Waals surface area contributed by atoms with Crippen molar-refractivity contribution in [2.45, 2.75) is 0 Å². The molecule has 0 aliphatic rings. The van der Waals surface area contributed by atoms with Crippen LogP contribution in [0.25, 0.3) is 60.3 Å². The van der Waals surface area contributed by atoms with E-state index in [9.17, 15) is 0 Å². The van der Waals surface area contributed by atoms with Crippen LogP contribution in [0.2, 0.25) is 0 Å². The predicted molar refractivity (Wildman–Crippen MR) is 187 cm³/mol. The Balaban J connectivity index is 1.18. The first-order chi connectivity index (χ1) is 21.8. The Labute approximate surface area is 255 Å². The molecule has 4 heteroatoms. The van der Waals surface area contributed by atoms with Gasteiger partial charge in [0.25, 0.3) is 0 Å². The maximum absolute atomic E-state index is 5.09. The number of para-hydroxylation sites is 1. The van der Waals surface area contributed by atoms with E-state index in [0.29, 0.717) is 0 Å². The molecule has 206 valence electrons. The van der Waals surface area contributed by atoms with Gasteiger partial charge in [0, 0.05) is 28.6 Å². The predicted octanol–water partition coefficient (Wildman–Crippen LogP) is 8.77. The zero-order valence-electron chi connectivity index (χ0n) is 23.8. The summed E-state index contributed by atoms with van der Waals surface area (Å²) < 4.78 is 2.30. The van der Waals surface area contributed by atoms with Gasteiger partial charge < -0.3 is 0 Å². The van der Waals surface area contributed by atoms with Crippen molar-refractivity contribution in [3.05, 3.63) is 158 Å². The lowest BCUT2D eigenvalue weighted by Crippen LogP contribution is -2.20. The summed E-state index contributed by atoms with van der Waals surface area (Å²) in [4.78, 5) is 9.50. The van der Waals surface area contributed by atoms with Crippen LogP contribution in [0.1, 0.15) is 0 Å². The molecule has 6 aromatic carbocycles. The molecular formula is C40H26N3P. The summed E-state index contributed by atoms with van der Waals surface area (Å²) in [5.74, 6) is 0. The molecule has 0 fully saturated rings. The molecule has 0 amide bonds. The number of rotatable bonds is 4. The van der Waals surface area contributed by atoms with Crippen LogP contribution in [0.5, 0.6) is 0 Å². The molecule has 9 aromatic rings. The summed E-state index contributed by atoms with van der Waals surface area (Å²) in [6.07, 6.45) is 3.80. The van der Waals surface area contributed by atoms with Gasteiger partial charge in [-0.15, -0.1) is 0 Å². The summed E-state index contributed by atoms with van der Waals surface area (Å²) in [7, 11) is -0.643. The summed E-state index contributed by atoms with van der Waals surface area (Å²) in [6, 6.07) is 52.8. The van der Waals surface area contributed by atoms with Crippen molar-refractivity contribution in [2.75, 3.05) is 0 Å². The number of imidazole rings is 1. The Morgan fingerprint density at radius 3 is 1.98 bits per heavy atom. The van der Waals surface area contributed by atoms with Crippen LogP contribution in [0, 0.1) is 0 Å². The second-order valence-corrected chi connectivity index (χ2v) is 13.4. The van der Waals surface area contributed by atoms with E-state index in [-0.39, 0.29) is 0 Å². The van der Waals surface area contributed by atoms with Gasteiger partial charge in [0.15, 0.2) is 0 Å². The lowest BCUT2D eigenvalue weighted by atomic mass is 10.0. The van der Waals surface area contributed by atoms with Crippen molar-refractivity contribution >= 4 is 73.0 Å². The van der Waals surface area contributed by atoms with Gasteiger partial charge in [0.2, 0.25) is 0 Å².